The predicted octanol–water partition coefficient (Wildman–Crippen LogP) is 5.54. The number of benzene rings is 2. The van der Waals surface area contributed by atoms with Gasteiger partial charge in [-0.05, 0) is 56.2 Å². The Morgan fingerprint density at radius 1 is 1.11 bits per heavy atom. The van der Waals surface area contributed by atoms with Crippen LogP contribution in [0.15, 0.2) is 42.5 Å². The molecule has 0 radical (unpaired) electrons. The second-order valence-corrected chi connectivity index (χ2v) is 7.00. The third kappa shape index (κ3) is 5.38. The molecule has 0 amide bonds. The third-order valence-corrected chi connectivity index (χ3v) is 4.41. The molecule has 2 aromatic carbocycles. The van der Waals surface area contributed by atoms with Gasteiger partial charge < -0.3 is 10.1 Å². The standard InChI is InChI=1S/C22H22ClN3O/c1-15-5-11-20-19(14-15)22(24-13-3-4-16(2)27)26-21(25-20)12-8-17-6-9-18(23)10-7-17/h5-12,14H,3-4,13H2,1-2H3,(H,24,25,26)/b12-8+. The average molecular weight is 380 g/mol. The summed E-state index contributed by atoms with van der Waals surface area (Å²) in [6, 6.07) is 13.7. The number of fused-ring (bicyclic) bond motifs is 1. The molecule has 0 fully saturated rings. The molecule has 1 N–H and O–H groups in total. The molecule has 0 aliphatic heterocycles. The maximum Gasteiger partial charge on any atom is 0.154 e. The summed E-state index contributed by atoms with van der Waals surface area (Å²) in [5, 5.41) is 5.06. The third-order valence-electron chi connectivity index (χ3n) is 4.16. The van der Waals surface area contributed by atoms with Crippen LogP contribution in [0.4, 0.5) is 5.82 Å². The van der Waals surface area contributed by atoms with Crippen molar-refractivity contribution in [2.45, 2.75) is 26.7 Å². The first-order chi connectivity index (χ1) is 13.0. The van der Waals surface area contributed by atoms with Crippen LogP contribution < -0.4 is 5.32 Å². The number of rotatable bonds is 7. The Balaban J connectivity index is 1.87. The van der Waals surface area contributed by atoms with Gasteiger partial charge in [0.2, 0.25) is 0 Å². The molecule has 3 aromatic rings. The van der Waals surface area contributed by atoms with Crippen molar-refractivity contribution in [3.8, 4) is 0 Å². The van der Waals surface area contributed by atoms with Crippen molar-refractivity contribution in [1.82, 2.24) is 9.97 Å². The van der Waals surface area contributed by atoms with Crippen molar-refractivity contribution in [2.24, 2.45) is 0 Å². The van der Waals surface area contributed by atoms with Gasteiger partial charge in [-0.3, -0.25) is 0 Å². The Morgan fingerprint density at radius 2 is 1.89 bits per heavy atom. The molecule has 27 heavy (non-hydrogen) atoms. The average Bonchev–Trinajstić information content (AvgIpc) is 2.65. The molecule has 0 aliphatic carbocycles. The van der Waals surface area contributed by atoms with E-state index in [1.807, 2.05) is 55.5 Å². The second-order valence-electron chi connectivity index (χ2n) is 6.57. The second kappa shape index (κ2) is 8.78. The highest BCUT2D eigenvalue weighted by molar-refractivity contribution is 6.30. The summed E-state index contributed by atoms with van der Waals surface area (Å²) in [6.07, 6.45) is 5.20. The zero-order chi connectivity index (χ0) is 19.2. The van der Waals surface area contributed by atoms with Crippen molar-refractivity contribution in [2.75, 3.05) is 11.9 Å². The normalized spacial score (nSPS) is 11.2. The topological polar surface area (TPSA) is 54.9 Å². The van der Waals surface area contributed by atoms with Gasteiger partial charge in [0.25, 0.3) is 0 Å². The van der Waals surface area contributed by atoms with E-state index in [1.54, 1.807) is 6.92 Å². The number of carbonyl (C=O) groups is 1. The summed E-state index contributed by atoms with van der Waals surface area (Å²) in [5.41, 5.74) is 3.07. The summed E-state index contributed by atoms with van der Waals surface area (Å²) in [7, 11) is 0. The smallest absolute Gasteiger partial charge is 0.154 e. The molecule has 0 atom stereocenters. The number of Topliss-reactive ketones (excluding diaryl/α,β-unsaturated/α-hetero) is 1. The van der Waals surface area contributed by atoms with E-state index in [2.05, 4.69) is 21.4 Å². The van der Waals surface area contributed by atoms with Crippen LogP contribution in [0.1, 0.15) is 36.7 Å². The van der Waals surface area contributed by atoms with Gasteiger partial charge >= 0.3 is 0 Å². The van der Waals surface area contributed by atoms with Gasteiger partial charge in [0.1, 0.15) is 11.6 Å². The van der Waals surface area contributed by atoms with E-state index < -0.39 is 0 Å². The number of aryl methyl sites for hydroxylation is 1. The largest absolute Gasteiger partial charge is 0.369 e. The van der Waals surface area contributed by atoms with Gasteiger partial charge in [-0.25, -0.2) is 9.97 Å². The number of anilines is 1. The van der Waals surface area contributed by atoms with E-state index in [0.29, 0.717) is 23.8 Å². The molecule has 138 valence electrons. The molecule has 0 bridgehead atoms. The highest BCUT2D eigenvalue weighted by atomic mass is 35.5. The zero-order valence-electron chi connectivity index (χ0n) is 15.5. The summed E-state index contributed by atoms with van der Waals surface area (Å²) in [4.78, 5) is 20.5. The van der Waals surface area contributed by atoms with Crippen molar-refractivity contribution in [1.29, 1.82) is 0 Å². The fourth-order valence-corrected chi connectivity index (χ4v) is 2.88. The number of hydrogen-bond acceptors (Lipinski definition) is 4. The van der Waals surface area contributed by atoms with Crippen LogP contribution in [0.3, 0.4) is 0 Å². The summed E-state index contributed by atoms with van der Waals surface area (Å²) < 4.78 is 0. The molecular formula is C22H22ClN3O. The van der Waals surface area contributed by atoms with E-state index in [0.717, 1.165) is 34.3 Å². The number of ketones is 1. The highest BCUT2D eigenvalue weighted by Crippen LogP contribution is 2.23. The molecular weight excluding hydrogens is 358 g/mol. The Hall–Kier alpha value is -2.72. The highest BCUT2D eigenvalue weighted by Gasteiger charge is 2.07. The molecule has 3 rings (SSSR count). The van der Waals surface area contributed by atoms with Crippen molar-refractivity contribution >= 4 is 46.3 Å². The lowest BCUT2D eigenvalue weighted by atomic mass is 10.1. The van der Waals surface area contributed by atoms with Gasteiger partial charge in [-0.2, -0.15) is 0 Å². The molecule has 0 saturated carbocycles. The predicted molar refractivity (Wildman–Crippen MR) is 113 cm³/mol. The van der Waals surface area contributed by atoms with Gasteiger partial charge in [-0.15, -0.1) is 0 Å². The zero-order valence-corrected chi connectivity index (χ0v) is 16.3. The molecule has 0 aliphatic rings. The van der Waals surface area contributed by atoms with E-state index in [4.69, 9.17) is 11.6 Å². The fourth-order valence-electron chi connectivity index (χ4n) is 2.76. The molecule has 0 unspecified atom stereocenters. The quantitative estimate of drug-likeness (QED) is 0.547. The van der Waals surface area contributed by atoms with Crippen LogP contribution >= 0.6 is 11.6 Å². The molecule has 0 saturated heterocycles. The van der Waals surface area contributed by atoms with Crippen LogP contribution in [0.25, 0.3) is 23.1 Å². The maximum atomic E-state index is 11.1. The molecule has 1 heterocycles. The first-order valence-corrected chi connectivity index (χ1v) is 9.34. The van der Waals surface area contributed by atoms with Gasteiger partial charge in [0.15, 0.2) is 5.82 Å². The monoisotopic (exact) mass is 379 g/mol. The summed E-state index contributed by atoms with van der Waals surface area (Å²) in [5.74, 6) is 1.63. The van der Waals surface area contributed by atoms with E-state index in [9.17, 15) is 4.79 Å². The van der Waals surface area contributed by atoms with E-state index in [1.165, 1.54) is 0 Å². The van der Waals surface area contributed by atoms with Crippen molar-refractivity contribution < 1.29 is 4.79 Å². The molecule has 4 nitrogen and oxygen atoms in total. The maximum absolute atomic E-state index is 11.1. The number of nitrogens with one attached hydrogen (secondary N) is 1. The number of carbonyl (C=O) groups excluding carboxylic acids is 1. The van der Waals surface area contributed by atoms with Crippen molar-refractivity contribution in [3.05, 3.63) is 64.4 Å². The Morgan fingerprint density at radius 3 is 2.63 bits per heavy atom. The number of nitrogens with zero attached hydrogens (tertiary/aromatic N) is 2. The van der Waals surface area contributed by atoms with E-state index >= 15 is 0 Å². The van der Waals surface area contributed by atoms with Gasteiger partial charge in [-0.1, -0.05) is 41.4 Å². The summed E-state index contributed by atoms with van der Waals surface area (Å²) >= 11 is 5.93. The van der Waals surface area contributed by atoms with E-state index in [-0.39, 0.29) is 5.78 Å². The lowest BCUT2D eigenvalue weighted by Crippen LogP contribution is -2.07. The first kappa shape index (κ1) is 19.1. The Kier molecular flexibility index (Phi) is 6.20. The molecule has 5 heteroatoms. The minimum atomic E-state index is 0.201. The SMILES string of the molecule is CC(=O)CCCNc1nc(/C=C/c2ccc(Cl)cc2)nc2ccc(C)cc12. The lowest BCUT2D eigenvalue weighted by molar-refractivity contribution is -0.117. The van der Waals surface area contributed by atoms with Gasteiger partial charge in [0, 0.05) is 23.4 Å². The van der Waals surface area contributed by atoms with Crippen LogP contribution in [0.2, 0.25) is 5.02 Å². The fraction of sp³-hybridized carbons (Fsp3) is 0.227. The van der Waals surface area contributed by atoms with Crippen LogP contribution in [-0.4, -0.2) is 22.3 Å². The molecule has 1 aromatic heterocycles. The minimum Gasteiger partial charge on any atom is -0.369 e. The minimum absolute atomic E-state index is 0.201. The lowest BCUT2D eigenvalue weighted by Gasteiger charge is -2.10. The van der Waals surface area contributed by atoms with Crippen LogP contribution in [0, 0.1) is 6.92 Å². The number of halogens is 1. The summed E-state index contributed by atoms with van der Waals surface area (Å²) in [6.45, 7) is 4.36. The van der Waals surface area contributed by atoms with Crippen LogP contribution in [-0.2, 0) is 4.79 Å². The number of aromatic nitrogens is 2. The number of hydrogen-bond donors (Lipinski definition) is 1. The van der Waals surface area contributed by atoms with Crippen LogP contribution in [0.5, 0.6) is 0 Å². The first-order valence-electron chi connectivity index (χ1n) is 8.96. The molecule has 0 spiro atoms. The Bertz CT molecular complexity index is 981. The van der Waals surface area contributed by atoms with Gasteiger partial charge in [0.05, 0.1) is 5.52 Å². The van der Waals surface area contributed by atoms with Crippen molar-refractivity contribution in [3.63, 3.8) is 0 Å². The Labute approximate surface area is 164 Å².